The molecule has 116 valence electrons. The Kier molecular flexibility index (Phi) is 4.99. The van der Waals surface area contributed by atoms with Crippen LogP contribution in [0.5, 0.6) is 0 Å². The van der Waals surface area contributed by atoms with Gasteiger partial charge >= 0.3 is 12.0 Å². The number of urea groups is 1. The molecule has 1 fully saturated rings. The van der Waals surface area contributed by atoms with E-state index in [0.717, 1.165) is 5.56 Å². The monoisotopic (exact) mass is 301 g/mol. The van der Waals surface area contributed by atoms with Crippen LogP contribution in [0.1, 0.15) is 36.8 Å². The molecule has 1 saturated carbocycles. The zero-order chi connectivity index (χ0) is 16.1. The Morgan fingerprint density at radius 3 is 2.50 bits per heavy atom. The number of nitriles is 1. The SMILES string of the molecule is Cc1cc(C#N)cc(NC(=O)NC2CCC(C(=O)O)CC2)c1. The molecule has 0 heterocycles. The predicted octanol–water partition coefficient (Wildman–Crippen LogP) is 2.63. The average Bonchev–Trinajstić information content (AvgIpc) is 2.46. The molecular weight excluding hydrogens is 282 g/mol. The van der Waals surface area contributed by atoms with Gasteiger partial charge in [0.2, 0.25) is 0 Å². The highest BCUT2D eigenvalue weighted by Crippen LogP contribution is 2.24. The van der Waals surface area contributed by atoms with E-state index in [9.17, 15) is 9.59 Å². The van der Waals surface area contributed by atoms with Gasteiger partial charge in [0, 0.05) is 11.7 Å². The van der Waals surface area contributed by atoms with Gasteiger partial charge in [-0.2, -0.15) is 5.26 Å². The Balaban J connectivity index is 1.88. The number of carboxylic acids is 1. The Labute approximate surface area is 129 Å². The average molecular weight is 301 g/mol. The lowest BCUT2D eigenvalue weighted by molar-refractivity contribution is -0.142. The van der Waals surface area contributed by atoms with Gasteiger partial charge in [0.25, 0.3) is 0 Å². The molecule has 1 aliphatic rings. The Hall–Kier alpha value is -2.55. The van der Waals surface area contributed by atoms with Gasteiger partial charge in [-0.25, -0.2) is 4.79 Å². The maximum absolute atomic E-state index is 12.0. The van der Waals surface area contributed by atoms with Crippen LogP contribution in [0.25, 0.3) is 0 Å². The first kappa shape index (κ1) is 15.8. The van der Waals surface area contributed by atoms with Gasteiger partial charge in [0.1, 0.15) is 0 Å². The van der Waals surface area contributed by atoms with Crippen LogP contribution in [0.15, 0.2) is 18.2 Å². The summed E-state index contributed by atoms with van der Waals surface area (Å²) in [5.74, 6) is -1.05. The van der Waals surface area contributed by atoms with Crippen LogP contribution in [-0.4, -0.2) is 23.1 Å². The molecule has 0 spiro atoms. The molecule has 3 N–H and O–H groups in total. The van der Waals surface area contributed by atoms with Crippen molar-refractivity contribution in [2.24, 2.45) is 5.92 Å². The summed E-state index contributed by atoms with van der Waals surface area (Å²) in [7, 11) is 0. The molecule has 0 atom stereocenters. The minimum absolute atomic E-state index is 0.00385. The minimum atomic E-state index is -0.758. The van der Waals surface area contributed by atoms with Crippen molar-refractivity contribution in [3.05, 3.63) is 29.3 Å². The molecule has 2 amide bonds. The van der Waals surface area contributed by atoms with Crippen molar-refractivity contribution in [3.63, 3.8) is 0 Å². The number of hydrogen-bond acceptors (Lipinski definition) is 3. The molecule has 0 unspecified atom stereocenters. The molecule has 6 heteroatoms. The van der Waals surface area contributed by atoms with E-state index in [1.54, 1.807) is 18.2 Å². The quantitative estimate of drug-likeness (QED) is 0.798. The summed E-state index contributed by atoms with van der Waals surface area (Å²) in [4.78, 5) is 22.9. The molecule has 0 aromatic heterocycles. The van der Waals surface area contributed by atoms with Crippen LogP contribution >= 0.6 is 0 Å². The number of amides is 2. The van der Waals surface area contributed by atoms with Crippen LogP contribution in [0.3, 0.4) is 0 Å². The van der Waals surface area contributed by atoms with Gasteiger partial charge in [-0.05, 0) is 56.4 Å². The van der Waals surface area contributed by atoms with E-state index >= 15 is 0 Å². The summed E-state index contributed by atoms with van der Waals surface area (Å²) >= 11 is 0. The molecule has 1 aromatic rings. The summed E-state index contributed by atoms with van der Waals surface area (Å²) in [5.41, 5.74) is 1.97. The zero-order valence-electron chi connectivity index (χ0n) is 12.4. The van der Waals surface area contributed by atoms with Crippen molar-refractivity contribution >= 4 is 17.7 Å². The van der Waals surface area contributed by atoms with Crippen molar-refractivity contribution in [2.75, 3.05) is 5.32 Å². The number of nitrogens with one attached hydrogen (secondary N) is 2. The van der Waals surface area contributed by atoms with Gasteiger partial charge in [-0.3, -0.25) is 4.79 Å². The first-order valence-corrected chi connectivity index (χ1v) is 7.30. The van der Waals surface area contributed by atoms with Crippen LogP contribution in [0, 0.1) is 24.2 Å². The maximum atomic E-state index is 12.0. The summed E-state index contributed by atoms with van der Waals surface area (Å²) < 4.78 is 0. The fourth-order valence-electron chi connectivity index (χ4n) is 2.76. The zero-order valence-corrected chi connectivity index (χ0v) is 12.4. The third-order valence-electron chi connectivity index (χ3n) is 3.88. The third kappa shape index (κ3) is 4.22. The van der Waals surface area contributed by atoms with Crippen LogP contribution < -0.4 is 10.6 Å². The second-order valence-electron chi connectivity index (χ2n) is 5.68. The second-order valence-corrected chi connectivity index (χ2v) is 5.68. The molecule has 0 radical (unpaired) electrons. The van der Waals surface area contributed by atoms with Crippen LogP contribution in [0.4, 0.5) is 10.5 Å². The molecule has 6 nitrogen and oxygen atoms in total. The number of aryl methyl sites for hydroxylation is 1. The third-order valence-corrected chi connectivity index (χ3v) is 3.88. The number of rotatable bonds is 3. The van der Waals surface area contributed by atoms with E-state index in [-0.39, 0.29) is 18.0 Å². The van der Waals surface area contributed by atoms with Crippen molar-refractivity contribution in [1.29, 1.82) is 5.26 Å². The number of benzene rings is 1. The lowest BCUT2D eigenvalue weighted by atomic mass is 9.86. The normalized spacial score (nSPS) is 20.7. The number of carbonyl (C=O) groups is 2. The largest absolute Gasteiger partial charge is 0.481 e. The smallest absolute Gasteiger partial charge is 0.319 e. The topological polar surface area (TPSA) is 102 Å². The molecule has 2 rings (SSSR count). The van der Waals surface area contributed by atoms with Gasteiger partial charge in [0.05, 0.1) is 17.6 Å². The molecule has 1 aliphatic carbocycles. The first-order valence-electron chi connectivity index (χ1n) is 7.30. The van der Waals surface area contributed by atoms with E-state index in [2.05, 4.69) is 16.7 Å². The number of aliphatic carboxylic acids is 1. The second kappa shape index (κ2) is 6.94. The number of hydrogen-bond donors (Lipinski definition) is 3. The number of carboxylic acid groups (broad SMARTS) is 1. The van der Waals surface area contributed by atoms with E-state index in [0.29, 0.717) is 36.9 Å². The predicted molar refractivity (Wildman–Crippen MR) is 81.4 cm³/mol. The lowest BCUT2D eigenvalue weighted by Gasteiger charge is -2.26. The van der Waals surface area contributed by atoms with Gasteiger partial charge in [-0.15, -0.1) is 0 Å². The highest BCUT2D eigenvalue weighted by molar-refractivity contribution is 5.89. The number of carbonyl (C=O) groups excluding carboxylic acids is 1. The Morgan fingerprint density at radius 2 is 1.91 bits per heavy atom. The van der Waals surface area contributed by atoms with E-state index in [1.165, 1.54) is 0 Å². The minimum Gasteiger partial charge on any atom is -0.481 e. The highest BCUT2D eigenvalue weighted by Gasteiger charge is 2.26. The van der Waals surface area contributed by atoms with Crippen molar-refractivity contribution in [2.45, 2.75) is 38.6 Å². The van der Waals surface area contributed by atoms with Gasteiger partial charge in [0.15, 0.2) is 0 Å². The van der Waals surface area contributed by atoms with Crippen LogP contribution in [0.2, 0.25) is 0 Å². The number of nitrogens with zero attached hydrogens (tertiary/aromatic N) is 1. The molecule has 1 aromatic carbocycles. The van der Waals surface area contributed by atoms with Gasteiger partial charge in [-0.1, -0.05) is 0 Å². The number of anilines is 1. The Morgan fingerprint density at radius 1 is 1.23 bits per heavy atom. The standard InChI is InChI=1S/C16H19N3O3/c1-10-6-11(9-17)8-14(7-10)19-16(22)18-13-4-2-12(3-5-13)15(20)21/h6-8,12-13H,2-5H2,1H3,(H,20,21)(H2,18,19,22). The molecule has 22 heavy (non-hydrogen) atoms. The van der Waals surface area contributed by atoms with E-state index in [1.807, 2.05) is 6.92 Å². The van der Waals surface area contributed by atoms with Crippen molar-refractivity contribution in [1.82, 2.24) is 5.32 Å². The van der Waals surface area contributed by atoms with Crippen LogP contribution in [-0.2, 0) is 4.79 Å². The fraction of sp³-hybridized carbons (Fsp3) is 0.438. The summed E-state index contributed by atoms with van der Waals surface area (Å²) in [5, 5.41) is 23.5. The van der Waals surface area contributed by atoms with E-state index < -0.39 is 5.97 Å². The van der Waals surface area contributed by atoms with E-state index in [4.69, 9.17) is 10.4 Å². The first-order chi connectivity index (χ1) is 10.5. The molecule has 0 saturated heterocycles. The lowest BCUT2D eigenvalue weighted by Crippen LogP contribution is -2.41. The summed E-state index contributed by atoms with van der Waals surface area (Å²) in [6.07, 6.45) is 2.51. The Bertz CT molecular complexity index is 614. The molecule has 0 bridgehead atoms. The van der Waals surface area contributed by atoms with Crippen molar-refractivity contribution < 1.29 is 14.7 Å². The fourth-order valence-corrected chi connectivity index (χ4v) is 2.76. The molecule has 0 aliphatic heterocycles. The highest BCUT2D eigenvalue weighted by atomic mass is 16.4. The van der Waals surface area contributed by atoms with Gasteiger partial charge < -0.3 is 15.7 Å². The summed E-state index contributed by atoms with van der Waals surface area (Å²) in [6, 6.07) is 6.88. The van der Waals surface area contributed by atoms with Crippen molar-refractivity contribution in [3.8, 4) is 6.07 Å². The maximum Gasteiger partial charge on any atom is 0.319 e. The summed E-state index contributed by atoms with van der Waals surface area (Å²) in [6.45, 7) is 1.86. The molecular formula is C16H19N3O3.